The summed E-state index contributed by atoms with van der Waals surface area (Å²) in [7, 11) is 4.06. The van der Waals surface area contributed by atoms with Crippen molar-refractivity contribution in [3.8, 4) is 0 Å². The van der Waals surface area contributed by atoms with E-state index in [0.29, 0.717) is 13.2 Å². The van der Waals surface area contributed by atoms with Crippen molar-refractivity contribution in [3.05, 3.63) is 47.5 Å². The molecule has 1 aliphatic heterocycles. The van der Waals surface area contributed by atoms with Crippen LogP contribution in [0.3, 0.4) is 0 Å². The highest BCUT2D eigenvalue weighted by atomic mass is 32.1. The van der Waals surface area contributed by atoms with Gasteiger partial charge in [-0.05, 0) is 31.0 Å². The van der Waals surface area contributed by atoms with E-state index < -0.39 is 0 Å². The molecule has 8 heteroatoms. The second kappa shape index (κ2) is 7.14. The van der Waals surface area contributed by atoms with E-state index in [1.54, 1.807) is 23.9 Å². The van der Waals surface area contributed by atoms with Crippen LogP contribution < -0.4 is 10.2 Å². The van der Waals surface area contributed by atoms with Gasteiger partial charge in [0.15, 0.2) is 0 Å². The van der Waals surface area contributed by atoms with Crippen molar-refractivity contribution in [2.45, 2.75) is 39.0 Å². The second-order valence-electron chi connectivity index (χ2n) is 8.41. The molecule has 0 aromatic carbocycles. The maximum absolute atomic E-state index is 6.12. The molecule has 5 rings (SSSR count). The lowest BCUT2D eigenvalue weighted by atomic mass is 9.90. The molecule has 0 unspecified atom stereocenters. The van der Waals surface area contributed by atoms with Gasteiger partial charge in [-0.3, -0.25) is 4.98 Å². The number of thiophene rings is 1. The number of rotatable bonds is 4. The van der Waals surface area contributed by atoms with E-state index >= 15 is 0 Å². The van der Waals surface area contributed by atoms with Crippen LogP contribution in [0.1, 0.15) is 30.5 Å². The maximum atomic E-state index is 6.12. The molecule has 0 amide bonds. The highest BCUT2D eigenvalue weighted by molar-refractivity contribution is 7.26. The van der Waals surface area contributed by atoms with Crippen LogP contribution in [-0.2, 0) is 24.3 Å². The largest absolute Gasteiger partial charge is 0.370 e. The Balaban J connectivity index is 1.67. The lowest BCUT2D eigenvalue weighted by molar-refractivity contribution is -0.0395. The smallest absolute Gasteiger partial charge is 0.147 e. The third-order valence-electron chi connectivity index (χ3n) is 5.41. The predicted molar refractivity (Wildman–Crippen MR) is 121 cm³/mol. The molecule has 5 heterocycles. The van der Waals surface area contributed by atoms with Crippen molar-refractivity contribution in [3.63, 3.8) is 0 Å². The monoisotopic (exact) mass is 420 g/mol. The third-order valence-corrected chi connectivity index (χ3v) is 6.49. The molecule has 1 aliphatic rings. The Labute approximate surface area is 179 Å². The molecule has 0 saturated heterocycles. The molecule has 154 valence electrons. The number of ether oxygens (including phenoxy) is 1. The Hall–Kier alpha value is -2.84. The zero-order chi connectivity index (χ0) is 20.9. The molecule has 0 radical (unpaired) electrons. The van der Waals surface area contributed by atoms with E-state index in [9.17, 15) is 0 Å². The fourth-order valence-corrected chi connectivity index (χ4v) is 5.09. The molecule has 1 N–H and O–H groups in total. The fraction of sp³-hybridized carbons (Fsp3) is 0.364. The van der Waals surface area contributed by atoms with Crippen molar-refractivity contribution >= 4 is 43.4 Å². The van der Waals surface area contributed by atoms with Gasteiger partial charge in [-0.15, -0.1) is 11.3 Å². The third kappa shape index (κ3) is 3.26. The Kier molecular flexibility index (Phi) is 4.56. The van der Waals surface area contributed by atoms with E-state index in [-0.39, 0.29) is 5.60 Å². The van der Waals surface area contributed by atoms with Crippen LogP contribution in [-0.4, -0.2) is 39.6 Å². The summed E-state index contributed by atoms with van der Waals surface area (Å²) in [5.74, 6) is 1.80. The standard InChI is InChI=1S/C22H24N6OS/c1-22(2)8-14-15(11-29-22)20(28(3)4)27-21-16(14)17-18(30-21)19(26-12-25-17)24-10-13-6-5-7-23-9-13/h5-7,9,12H,8,10-11H2,1-4H3,(H,24,25,26). The molecule has 4 aromatic rings. The fourth-order valence-electron chi connectivity index (χ4n) is 3.97. The number of nitrogens with zero attached hydrogens (tertiary/aromatic N) is 5. The van der Waals surface area contributed by atoms with Gasteiger partial charge in [0, 0.05) is 50.4 Å². The van der Waals surface area contributed by atoms with Gasteiger partial charge in [-0.1, -0.05) is 6.07 Å². The zero-order valence-electron chi connectivity index (χ0n) is 17.6. The molecular formula is C22H24N6OS. The summed E-state index contributed by atoms with van der Waals surface area (Å²) in [6.45, 7) is 5.50. The van der Waals surface area contributed by atoms with Gasteiger partial charge in [0.05, 0.1) is 22.4 Å². The van der Waals surface area contributed by atoms with E-state index in [2.05, 4.69) is 39.0 Å². The first-order valence-corrected chi connectivity index (χ1v) is 10.8. The van der Waals surface area contributed by atoms with Gasteiger partial charge in [0.2, 0.25) is 0 Å². The van der Waals surface area contributed by atoms with Crippen molar-refractivity contribution < 1.29 is 4.74 Å². The normalized spacial score (nSPS) is 15.3. The van der Waals surface area contributed by atoms with Crippen molar-refractivity contribution in [1.82, 2.24) is 19.9 Å². The average molecular weight is 421 g/mol. The van der Waals surface area contributed by atoms with Gasteiger partial charge < -0.3 is 15.0 Å². The number of fused-ring (bicyclic) bond motifs is 5. The first-order chi connectivity index (χ1) is 14.4. The molecule has 0 spiro atoms. The minimum Gasteiger partial charge on any atom is -0.370 e. The summed E-state index contributed by atoms with van der Waals surface area (Å²) in [6, 6.07) is 3.99. The number of hydrogen-bond acceptors (Lipinski definition) is 8. The summed E-state index contributed by atoms with van der Waals surface area (Å²) in [5, 5.41) is 4.59. The predicted octanol–water partition coefficient (Wildman–Crippen LogP) is 4.16. The minimum atomic E-state index is -0.215. The van der Waals surface area contributed by atoms with Crippen molar-refractivity contribution in [2.24, 2.45) is 0 Å². The van der Waals surface area contributed by atoms with E-state index in [1.165, 1.54) is 5.56 Å². The molecule has 4 aromatic heterocycles. The Morgan fingerprint density at radius 1 is 1.23 bits per heavy atom. The first-order valence-electron chi connectivity index (χ1n) is 9.96. The second-order valence-corrected chi connectivity index (χ2v) is 9.41. The Bertz CT molecular complexity index is 1240. The quantitative estimate of drug-likeness (QED) is 0.531. The number of hydrogen-bond donors (Lipinski definition) is 1. The van der Waals surface area contributed by atoms with Crippen LogP contribution in [0.5, 0.6) is 0 Å². The molecular weight excluding hydrogens is 396 g/mol. The molecule has 30 heavy (non-hydrogen) atoms. The Morgan fingerprint density at radius 3 is 2.87 bits per heavy atom. The van der Waals surface area contributed by atoms with Gasteiger partial charge in [-0.25, -0.2) is 15.0 Å². The van der Waals surface area contributed by atoms with Gasteiger partial charge >= 0.3 is 0 Å². The maximum Gasteiger partial charge on any atom is 0.147 e. The SMILES string of the molecule is CN(C)c1nc2sc3c(NCc4cccnc4)ncnc3c2c2c1COC(C)(C)C2. The zero-order valence-corrected chi connectivity index (χ0v) is 18.4. The van der Waals surface area contributed by atoms with Crippen LogP contribution in [0.4, 0.5) is 11.6 Å². The van der Waals surface area contributed by atoms with Crippen LogP contribution in [0, 0.1) is 0 Å². The topological polar surface area (TPSA) is 76.1 Å². The summed E-state index contributed by atoms with van der Waals surface area (Å²) in [6.07, 6.45) is 6.10. The summed E-state index contributed by atoms with van der Waals surface area (Å²) in [5.41, 5.74) is 4.31. The van der Waals surface area contributed by atoms with Gasteiger partial charge in [-0.2, -0.15) is 0 Å². The number of pyridine rings is 2. The van der Waals surface area contributed by atoms with Crippen LogP contribution in [0.25, 0.3) is 20.4 Å². The lowest BCUT2D eigenvalue weighted by Gasteiger charge is -2.34. The minimum absolute atomic E-state index is 0.215. The molecule has 0 saturated carbocycles. The highest BCUT2D eigenvalue weighted by Crippen LogP contribution is 2.43. The molecule has 7 nitrogen and oxygen atoms in total. The van der Waals surface area contributed by atoms with Crippen LogP contribution in [0.15, 0.2) is 30.9 Å². The van der Waals surface area contributed by atoms with Crippen molar-refractivity contribution in [1.29, 1.82) is 0 Å². The molecule has 0 aliphatic carbocycles. The number of nitrogens with one attached hydrogen (secondary N) is 1. The lowest BCUT2D eigenvalue weighted by Crippen LogP contribution is -2.33. The van der Waals surface area contributed by atoms with Crippen LogP contribution >= 0.6 is 11.3 Å². The summed E-state index contributed by atoms with van der Waals surface area (Å²) >= 11 is 1.65. The van der Waals surface area contributed by atoms with Gasteiger partial charge in [0.25, 0.3) is 0 Å². The summed E-state index contributed by atoms with van der Waals surface area (Å²) in [4.78, 5) is 21.4. The summed E-state index contributed by atoms with van der Waals surface area (Å²) < 4.78 is 7.15. The molecule has 0 bridgehead atoms. The van der Waals surface area contributed by atoms with E-state index in [0.717, 1.165) is 49.6 Å². The van der Waals surface area contributed by atoms with Crippen molar-refractivity contribution in [2.75, 3.05) is 24.3 Å². The molecule has 0 atom stereocenters. The Morgan fingerprint density at radius 2 is 2.10 bits per heavy atom. The highest BCUT2D eigenvalue weighted by Gasteiger charge is 2.32. The van der Waals surface area contributed by atoms with Crippen LogP contribution in [0.2, 0.25) is 0 Å². The molecule has 0 fully saturated rings. The number of aromatic nitrogens is 4. The van der Waals surface area contributed by atoms with E-state index in [4.69, 9.17) is 9.72 Å². The first kappa shape index (κ1) is 19.1. The number of anilines is 2. The van der Waals surface area contributed by atoms with E-state index in [1.807, 2.05) is 32.4 Å². The van der Waals surface area contributed by atoms with Gasteiger partial charge in [0.1, 0.15) is 22.8 Å². The average Bonchev–Trinajstić information content (AvgIpc) is 3.11.